The fourth-order valence-electron chi connectivity index (χ4n) is 2.58. The van der Waals surface area contributed by atoms with E-state index >= 15 is 0 Å². The highest BCUT2D eigenvalue weighted by Crippen LogP contribution is 2.21. The quantitative estimate of drug-likeness (QED) is 0.757. The largest absolute Gasteiger partial charge is 0.368 e. The van der Waals surface area contributed by atoms with E-state index in [2.05, 4.69) is 11.5 Å². The van der Waals surface area contributed by atoms with Gasteiger partial charge in [0.05, 0.1) is 5.75 Å². The molecule has 1 unspecified atom stereocenters. The minimum atomic E-state index is -3.47. The lowest BCUT2D eigenvalue weighted by Gasteiger charge is -2.37. The van der Waals surface area contributed by atoms with Crippen LogP contribution in [0.3, 0.4) is 0 Å². The molecule has 7 heteroatoms. The normalized spacial score (nSPS) is 17.0. The molecule has 0 spiro atoms. The van der Waals surface area contributed by atoms with Crippen molar-refractivity contribution < 1.29 is 13.2 Å². The Morgan fingerprint density at radius 2 is 2.00 bits per heavy atom. The molecule has 1 aromatic carbocycles. The van der Waals surface area contributed by atoms with E-state index in [1.807, 2.05) is 24.3 Å². The lowest BCUT2D eigenvalue weighted by molar-refractivity contribution is -0.130. The third kappa shape index (κ3) is 4.26. The number of carbonyl (C=O) groups excluding carboxylic acids is 1. The first-order valence-corrected chi connectivity index (χ1v) is 9.56. The molecule has 0 aromatic heterocycles. The Morgan fingerprint density at radius 3 is 2.57 bits per heavy atom. The summed E-state index contributed by atoms with van der Waals surface area (Å²) < 4.78 is 24.0. The Morgan fingerprint density at radius 1 is 1.35 bits per heavy atom. The molecule has 1 atom stereocenters. The third-order valence-corrected chi connectivity index (χ3v) is 6.22. The number of anilines is 1. The van der Waals surface area contributed by atoms with Gasteiger partial charge in [0.15, 0.2) is 9.84 Å². The van der Waals surface area contributed by atoms with Crippen molar-refractivity contribution in [2.24, 2.45) is 0 Å². The van der Waals surface area contributed by atoms with Crippen molar-refractivity contribution in [2.75, 3.05) is 36.8 Å². The van der Waals surface area contributed by atoms with E-state index in [1.165, 1.54) is 13.0 Å². The second-order valence-electron chi connectivity index (χ2n) is 5.55. The maximum atomic E-state index is 12.4. The van der Waals surface area contributed by atoms with Crippen molar-refractivity contribution in [2.45, 2.75) is 12.2 Å². The molecule has 0 bridgehead atoms. The minimum Gasteiger partial charge on any atom is -0.368 e. The van der Waals surface area contributed by atoms with Gasteiger partial charge in [0, 0.05) is 36.9 Å². The number of nitrogens with zero attached hydrogens (tertiary/aromatic N) is 2. The van der Waals surface area contributed by atoms with Crippen LogP contribution in [0.2, 0.25) is 5.02 Å². The van der Waals surface area contributed by atoms with Crippen LogP contribution < -0.4 is 4.90 Å². The van der Waals surface area contributed by atoms with Crippen LogP contribution in [0, 0.1) is 0 Å². The van der Waals surface area contributed by atoms with Gasteiger partial charge in [-0.25, -0.2) is 8.42 Å². The summed E-state index contributed by atoms with van der Waals surface area (Å²) in [5.74, 6) is -0.514. The Hall–Kier alpha value is -1.53. The topological polar surface area (TPSA) is 57.7 Å². The number of piperazine rings is 1. The molecule has 0 radical (unpaired) electrons. The summed E-state index contributed by atoms with van der Waals surface area (Å²) in [6.07, 6.45) is 1.32. The van der Waals surface area contributed by atoms with Crippen molar-refractivity contribution >= 4 is 33.0 Å². The van der Waals surface area contributed by atoms with Gasteiger partial charge in [-0.1, -0.05) is 23.7 Å². The summed E-state index contributed by atoms with van der Waals surface area (Å²) in [6, 6.07) is 7.56. The molecule has 1 fully saturated rings. The number of carbonyl (C=O) groups is 1. The molecule has 1 aromatic rings. The van der Waals surface area contributed by atoms with Gasteiger partial charge in [-0.2, -0.15) is 0 Å². The number of sulfone groups is 1. The van der Waals surface area contributed by atoms with Crippen LogP contribution in [0.25, 0.3) is 0 Å². The maximum Gasteiger partial charge on any atom is 0.240 e. The second kappa shape index (κ2) is 7.36. The van der Waals surface area contributed by atoms with Gasteiger partial charge in [0.2, 0.25) is 5.91 Å². The summed E-state index contributed by atoms with van der Waals surface area (Å²) in [4.78, 5) is 16.1. The highest BCUT2D eigenvalue weighted by Gasteiger charge is 2.32. The van der Waals surface area contributed by atoms with Crippen LogP contribution in [0.1, 0.15) is 6.92 Å². The summed E-state index contributed by atoms with van der Waals surface area (Å²) >= 11 is 6.00. The number of hydrogen-bond acceptors (Lipinski definition) is 4. The van der Waals surface area contributed by atoms with Crippen molar-refractivity contribution in [1.29, 1.82) is 0 Å². The van der Waals surface area contributed by atoms with E-state index in [-0.39, 0.29) is 11.7 Å². The van der Waals surface area contributed by atoms with Crippen LogP contribution in [-0.2, 0) is 14.6 Å². The zero-order chi connectivity index (χ0) is 17.0. The smallest absolute Gasteiger partial charge is 0.240 e. The Kier molecular flexibility index (Phi) is 5.70. The Balaban J connectivity index is 1.99. The molecule has 2 rings (SSSR count). The standard InChI is InChI=1S/C16H21ClN2O3S/c1-3-11-23(21,22)13(2)16(20)19-9-7-18(8-10-19)15-6-4-5-14(17)12-15/h3-6,12-13H,1,7-11H2,2H3. The molecule has 0 saturated carbocycles. The number of rotatable bonds is 5. The molecule has 5 nitrogen and oxygen atoms in total. The molecule has 1 amide bonds. The highest BCUT2D eigenvalue weighted by molar-refractivity contribution is 7.92. The van der Waals surface area contributed by atoms with E-state index in [0.29, 0.717) is 31.2 Å². The highest BCUT2D eigenvalue weighted by atomic mass is 35.5. The van der Waals surface area contributed by atoms with E-state index in [1.54, 1.807) is 4.90 Å². The number of halogens is 1. The molecule has 1 saturated heterocycles. The van der Waals surface area contributed by atoms with E-state index in [9.17, 15) is 13.2 Å². The molecule has 1 heterocycles. The molecular weight excluding hydrogens is 336 g/mol. The van der Waals surface area contributed by atoms with Crippen LogP contribution in [-0.4, -0.2) is 56.4 Å². The van der Waals surface area contributed by atoms with Gasteiger partial charge in [0.25, 0.3) is 0 Å². The lowest BCUT2D eigenvalue weighted by Crippen LogP contribution is -2.52. The van der Waals surface area contributed by atoms with Gasteiger partial charge in [-0.05, 0) is 25.1 Å². The zero-order valence-corrected chi connectivity index (χ0v) is 14.7. The van der Waals surface area contributed by atoms with Crippen molar-refractivity contribution in [1.82, 2.24) is 4.90 Å². The van der Waals surface area contributed by atoms with Crippen LogP contribution in [0.4, 0.5) is 5.69 Å². The molecule has 126 valence electrons. The molecule has 0 aliphatic carbocycles. The fourth-order valence-corrected chi connectivity index (χ4v) is 3.84. The van der Waals surface area contributed by atoms with Crippen molar-refractivity contribution in [3.05, 3.63) is 41.9 Å². The lowest BCUT2D eigenvalue weighted by atomic mass is 10.2. The Labute approximate surface area is 142 Å². The predicted molar refractivity (Wildman–Crippen MR) is 93.7 cm³/mol. The van der Waals surface area contributed by atoms with E-state index in [4.69, 9.17) is 11.6 Å². The number of hydrogen-bond donors (Lipinski definition) is 0. The number of amides is 1. The third-order valence-electron chi connectivity index (χ3n) is 4.00. The first-order chi connectivity index (χ1) is 10.8. The van der Waals surface area contributed by atoms with Gasteiger partial charge in [-0.3, -0.25) is 4.79 Å². The van der Waals surface area contributed by atoms with E-state index < -0.39 is 15.1 Å². The SMILES string of the molecule is C=CCS(=O)(=O)C(C)C(=O)N1CCN(c2cccc(Cl)c2)CC1. The second-order valence-corrected chi connectivity index (χ2v) is 8.36. The van der Waals surface area contributed by atoms with Gasteiger partial charge >= 0.3 is 0 Å². The van der Waals surface area contributed by atoms with Gasteiger partial charge < -0.3 is 9.80 Å². The predicted octanol–water partition coefficient (Wildman–Crippen LogP) is 1.98. The Bertz CT molecular complexity index is 682. The van der Waals surface area contributed by atoms with Crippen molar-refractivity contribution in [3.63, 3.8) is 0 Å². The minimum absolute atomic E-state index is 0.178. The first-order valence-electron chi connectivity index (χ1n) is 7.47. The summed E-state index contributed by atoms with van der Waals surface area (Å²) in [5.41, 5.74) is 1.01. The summed E-state index contributed by atoms with van der Waals surface area (Å²) in [6.45, 7) is 7.18. The van der Waals surface area contributed by atoms with Crippen LogP contribution in [0.15, 0.2) is 36.9 Å². The molecule has 0 N–H and O–H groups in total. The molecule has 1 aliphatic rings. The summed E-state index contributed by atoms with van der Waals surface area (Å²) in [5, 5.41) is -0.358. The number of benzene rings is 1. The maximum absolute atomic E-state index is 12.4. The van der Waals surface area contributed by atoms with E-state index in [0.717, 1.165) is 5.69 Å². The van der Waals surface area contributed by atoms with Crippen LogP contribution in [0.5, 0.6) is 0 Å². The average Bonchev–Trinajstić information content (AvgIpc) is 2.53. The fraction of sp³-hybridized carbons (Fsp3) is 0.438. The first kappa shape index (κ1) is 17.8. The molecular formula is C16H21ClN2O3S. The zero-order valence-electron chi connectivity index (χ0n) is 13.1. The monoisotopic (exact) mass is 356 g/mol. The average molecular weight is 357 g/mol. The molecule has 23 heavy (non-hydrogen) atoms. The summed E-state index contributed by atoms with van der Waals surface area (Å²) in [7, 11) is -3.47. The van der Waals surface area contributed by atoms with Crippen LogP contribution >= 0.6 is 11.6 Å². The van der Waals surface area contributed by atoms with Gasteiger partial charge in [-0.15, -0.1) is 6.58 Å². The van der Waals surface area contributed by atoms with Crippen molar-refractivity contribution in [3.8, 4) is 0 Å². The molecule has 1 aliphatic heterocycles. The van der Waals surface area contributed by atoms with Gasteiger partial charge in [0.1, 0.15) is 5.25 Å².